The molecule has 1 saturated heterocycles. The summed E-state index contributed by atoms with van der Waals surface area (Å²) < 4.78 is 10.9. The van der Waals surface area contributed by atoms with E-state index in [1.807, 2.05) is 0 Å². The van der Waals surface area contributed by atoms with Crippen molar-refractivity contribution in [2.75, 3.05) is 46.9 Å². The molecule has 0 amide bonds. The highest BCUT2D eigenvalue weighted by Gasteiger charge is 2.20. The van der Waals surface area contributed by atoms with Crippen LogP contribution in [-0.2, 0) is 13.0 Å². The number of hydrogen-bond donors (Lipinski definition) is 0. The fourth-order valence-corrected chi connectivity index (χ4v) is 4.23. The molecular weight excluding hydrogens is 348 g/mol. The van der Waals surface area contributed by atoms with Crippen molar-refractivity contribution in [1.29, 1.82) is 0 Å². The van der Waals surface area contributed by atoms with Crippen LogP contribution in [0.5, 0.6) is 11.5 Å². The summed E-state index contributed by atoms with van der Waals surface area (Å²) in [6.45, 7) is 6.71. The van der Waals surface area contributed by atoms with Gasteiger partial charge in [0.25, 0.3) is 0 Å². The van der Waals surface area contributed by atoms with E-state index in [4.69, 9.17) is 9.47 Å². The molecule has 2 aliphatic rings. The molecule has 4 heteroatoms. The molecule has 2 aromatic rings. The molecule has 28 heavy (non-hydrogen) atoms. The maximum atomic E-state index is 5.48. The quantitative estimate of drug-likeness (QED) is 0.762. The maximum absolute atomic E-state index is 5.48. The predicted octanol–water partition coefficient (Wildman–Crippen LogP) is 3.85. The fourth-order valence-electron chi connectivity index (χ4n) is 4.23. The van der Waals surface area contributed by atoms with Crippen molar-refractivity contribution < 1.29 is 9.47 Å². The standard InChI is InChI=1S/C24H30N2O2/c1-27-23-15-21-9-8-20(14-22(21)16-24(23)28-2)18-26-12-10-25(11-13-26)17-19-6-4-3-5-7-19/h3-7,14-16H,8-13,17-18H2,1-2H3. The van der Waals surface area contributed by atoms with Crippen LogP contribution >= 0.6 is 0 Å². The molecule has 2 aromatic carbocycles. The summed E-state index contributed by atoms with van der Waals surface area (Å²) in [7, 11) is 3.40. The average molecular weight is 379 g/mol. The van der Waals surface area contributed by atoms with Crippen LogP contribution in [0.15, 0.2) is 48.0 Å². The Morgan fingerprint density at radius 3 is 2.11 bits per heavy atom. The first-order valence-corrected chi connectivity index (χ1v) is 10.2. The Morgan fingerprint density at radius 1 is 0.786 bits per heavy atom. The normalized spacial score (nSPS) is 17.7. The average Bonchev–Trinajstić information content (AvgIpc) is 2.75. The van der Waals surface area contributed by atoms with Gasteiger partial charge in [-0.15, -0.1) is 0 Å². The lowest BCUT2D eigenvalue weighted by molar-refractivity contribution is 0.134. The van der Waals surface area contributed by atoms with E-state index in [9.17, 15) is 0 Å². The number of rotatable bonds is 6. The van der Waals surface area contributed by atoms with Gasteiger partial charge in [-0.3, -0.25) is 9.80 Å². The minimum atomic E-state index is 0.813. The molecule has 0 spiro atoms. The highest BCUT2D eigenvalue weighted by Crippen LogP contribution is 2.35. The van der Waals surface area contributed by atoms with Crippen molar-refractivity contribution in [3.8, 4) is 11.5 Å². The van der Waals surface area contributed by atoms with E-state index in [0.717, 1.165) is 63.6 Å². The van der Waals surface area contributed by atoms with E-state index in [2.05, 4.69) is 58.3 Å². The van der Waals surface area contributed by atoms with Gasteiger partial charge in [-0.1, -0.05) is 42.0 Å². The smallest absolute Gasteiger partial charge is 0.161 e. The van der Waals surface area contributed by atoms with Crippen LogP contribution < -0.4 is 9.47 Å². The van der Waals surface area contributed by atoms with Gasteiger partial charge in [-0.05, 0) is 41.7 Å². The zero-order chi connectivity index (χ0) is 19.3. The van der Waals surface area contributed by atoms with Gasteiger partial charge in [-0.2, -0.15) is 0 Å². The Labute approximate surface area is 168 Å². The van der Waals surface area contributed by atoms with Gasteiger partial charge < -0.3 is 9.47 Å². The number of aryl methyl sites for hydroxylation is 1. The second kappa shape index (κ2) is 8.80. The van der Waals surface area contributed by atoms with Crippen LogP contribution in [0.4, 0.5) is 0 Å². The highest BCUT2D eigenvalue weighted by atomic mass is 16.5. The summed E-state index contributed by atoms with van der Waals surface area (Å²) >= 11 is 0. The number of piperazine rings is 1. The zero-order valence-corrected chi connectivity index (χ0v) is 17.0. The Hall–Kier alpha value is -2.30. The lowest BCUT2D eigenvalue weighted by Crippen LogP contribution is -2.46. The first-order valence-electron chi connectivity index (χ1n) is 10.2. The molecule has 0 saturated carbocycles. The van der Waals surface area contributed by atoms with Crippen LogP contribution in [0, 0.1) is 0 Å². The van der Waals surface area contributed by atoms with Crippen LogP contribution in [0.3, 0.4) is 0 Å². The molecule has 0 atom stereocenters. The van der Waals surface area contributed by atoms with Crippen molar-refractivity contribution in [1.82, 2.24) is 9.80 Å². The number of ether oxygens (including phenoxy) is 2. The lowest BCUT2D eigenvalue weighted by Gasteiger charge is -2.35. The van der Waals surface area contributed by atoms with Gasteiger partial charge in [0.05, 0.1) is 14.2 Å². The van der Waals surface area contributed by atoms with Crippen molar-refractivity contribution in [2.45, 2.75) is 19.4 Å². The van der Waals surface area contributed by atoms with Gasteiger partial charge in [-0.25, -0.2) is 0 Å². The van der Waals surface area contributed by atoms with Crippen molar-refractivity contribution in [2.24, 2.45) is 0 Å². The Morgan fingerprint density at radius 2 is 1.43 bits per heavy atom. The predicted molar refractivity (Wildman–Crippen MR) is 114 cm³/mol. The SMILES string of the molecule is COc1cc2c(cc1OC)CCC(CN1CCN(Cc3ccccc3)CC1)=C2. The van der Waals surface area contributed by atoms with Gasteiger partial charge in [0, 0.05) is 39.3 Å². The van der Waals surface area contributed by atoms with Crippen LogP contribution in [0.2, 0.25) is 0 Å². The molecule has 0 unspecified atom stereocenters. The Balaban J connectivity index is 1.35. The largest absolute Gasteiger partial charge is 0.493 e. The second-order valence-corrected chi connectivity index (χ2v) is 7.75. The molecule has 4 nitrogen and oxygen atoms in total. The summed E-state index contributed by atoms with van der Waals surface area (Å²) in [5.74, 6) is 1.64. The molecule has 1 aliphatic carbocycles. The maximum Gasteiger partial charge on any atom is 0.161 e. The molecular formula is C24H30N2O2. The van der Waals surface area contributed by atoms with Crippen LogP contribution in [0.25, 0.3) is 6.08 Å². The molecule has 4 rings (SSSR count). The van der Waals surface area contributed by atoms with E-state index in [1.165, 1.54) is 22.3 Å². The molecule has 0 N–H and O–H groups in total. The van der Waals surface area contributed by atoms with Crippen LogP contribution in [0.1, 0.15) is 23.1 Å². The fraction of sp³-hybridized carbons (Fsp3) is 0.417. The first-order chi connectivity index (χ1) is 13.7. The molecule has 0 bridgehead atoms. The Bertz CT molecular complexity index is 824. The van der Waals surface area contributed by atoms with Gasteiger partial charge >= 0.3 is 0 Å². The Kier molecular flexibility index (Phi) is 5.98. The number of nitrogens with zero attached hydrogens (tertiary/aromatic N) is 2. The summed E-state index contributed by atoms with van der Waals surface area (Å²) in [5, 5.41) is 0. The molecule has 1 fully saturated rings. The number of hydrogen-bond acceptors (Lipinski definition) is 4. The molecule has 0 aromatic heterocycles. The second-order valence-electron chi connectivity index (χ2n) is 7.75. The summed E-state index contributed by atoms with van der Waals surface area (Å²) in [6.07, 6.45) is 4.57. The van der Waals surface area contributed by atoms with Gasteiger partial charge in [0.2, 0.25) is 0 Å². The van der Waals surface area contributed by atoms with Crippen molar-refractivity contribution in [3.63, 3.8) is 0 Å². The van der Waals surface area contributed by atoms with E-state index in [1.54, 1.807) is 14.2 Å². The highest BCUT2D eigenvalue weighted by molar-refractivity contribution is 5.64. The molecule has 1 heterocycles. The molecule has 1 aliphatic heterocycles. The summed E-state index contributed by atoms with van der Waals surface area (Å²) in [6, 6.07) is 15.0. The van der Waals surface area contributed by atoms with Crippen LogP contribution in [-0.4, -0.2) is 56.7 Å². The third-order valence-corrected chi connectivity index (χ3v) is 5.86. The minimum absolute atomic E-state index is 0.813. The third-order valence-electron chi connectivity index (χ3n) is 5.86. The summed E-state index contributed by atoms with van der Waals surface area (Å²) in [4.78, 5) is 5.16. The molecule has 0 radical (unpaired) electrons. The topological polar surface area (TPSA) is 24.9 Å². The van der Waals surface area contributed by atoms with Crippen molar-refractivity contribution in [3.05, 3.63) is 64.7 Å². The lowest BCUT2D eigenvalue weighted by atomic mass is 9.91. The third kappa shape index (κ3) is 4.40. The molecule has 148 valence electrons. The number of methoxy groups -OCH3 is 2. The van der Waals surface area contributed by atoms with Crippen molar-refractivity contribution >= 4 is 6.08 Å². The van der Waals surface area contributed by atoms with E-state index in [0.29, 0.717) is 0 Å². The number of benzene rings is 2. The minimum Gasteiger partial charge on any atom is -0.493 e. The number of fused-ring (bicyclic) bond motifs is 1. The van der Waals surface area contributed by atoms with Gasteiger partial charge in [0.1, 0.15) is 0 Å². The monoisotopic (exact) mass is 378 g/mol. The van der Waals surface area contributed by atoms with Gasteiger partial charge in [0.15, 0.2) is 11.5 Å². The summed E-state index contributed by atoms with van der Waals surface area (Å²) in [5.41, 5.74) is 5.57. The van der Waals surface area contributed by atoms with E-state index >= 15 is 0 Å². The zero-order valence-electron chi connectivity index (χ0n) is 17.0. The van der Waals surface area contributed by atoms with E-state index < -0.39 is 0 Å². The van der Waals surface area contributed by atoms with E-state index in [-0.39, 0.29) is 0 Å². The first kappa shape index (κ1) is 19.0.